The van der Waals surface area contributed by atoms with Gasteiger partial charge in [-0.15, -0.1) is 0 Å². The van der Waals surface area contributed by atoms with Crippen molar-refractivity contribution >= 4 is 5.96 Å². The SMILES string of the molecule is NC(=NCc1ccc(F)cc1C(F)(F)F)NC1CCCC1. The van der Waals surface area contributed by atoms with Crippen molar-refractivity contribution in [3.05, 3.63) is 35.1 Å². The van der Waals surface area contributed by atoms with Gasteiger partial charge in [-0.05, 0) is 30.5 Å². The molecule has 1 aliphatic rings. The number of halogens is 4. The van der Waals surface area contributed by atoms with E-state index >= 15 is 0 Å². The van der Waals surface area contributed by atoms with Crippen molar-refractivity contribution in [1.82, 2.24) is 5.32 Å². The van der Waals surface area contributed by atoms with Gasteiger partial charge in [-0.1, -0.05) is 18.9 Å². The molecule has 0 aliphatic heterocycles. The van der Waals surface area contributed by atoms with Gasteiger partial charge >= 0.3 is 6.18 Å². The number of nitrogens with one attached hydrogen (secondary N) is 1. The molecule has 0 heterocycles. The summed E-state index contributed by atoms with van der Waals surface area (Å²) >= 11 is 0. The Bertz CT molecular complexity index is 519. The predicted octanol–water partition coefficient (Wildman–Crippen LogP) is 3.19. The minimum Gasteiger partial charge on any atom is -0.370 e. The van der Waals surface area contributed by atoms with E-state index in [-0.39, 0.29) is 24.1 Å². The number of guanidine groups is 1. The van der Waals surface area contributed by atoms with E-state index in [4.69, 9.17) is 5.73 Å². The molecule has 7 heteroatoms. The standard InChI is InChI=1S/C14H17F4N3/c15-10-6-5-9(12(7-10)14(16,17)18)8-20-13(19)21-11-3-1-2-4-11/h5-7,11H,1-4,8H2,(H3,19,20,21). The summed E-state index contributed by atoms with van der Waals surface area (Å²) in [7, 11) is 0. The number of rotatable bonds is 3. The van der Waals surface area contributed by atoms with Crippen LogP contribution >= 0.6 is 0 Å². The molecule has 0 amide bonds. The number of hydrogen-bond acceptors (Lipinski definition) is 1. The Labute approximate surface area is 120 Å². The highest BCUT2D eigenvalue weighted by Crippen LogP contribution is 2.32. The molecule has 1 aromatic rings. The van der Waals surface area contributed by atoms with E-state index < -0.39 is 17.6 Å². The van der Waals surface area contributed by atoms with E-state index in [2.05, 4.69) is 10.3 Å². The molecule has 0 radical (unpaired) electrons. The normalized spacial score (nSPS) is 17.2. The van der Waals surface area contributed by atoms with Crippen LogP contribution in [-0.4, -0.2) is 12.0 Å². The highest BCUT2D eigenvalue weighted by Gasteiger charge is 2.33. The molecule has 1 aromatic carbocycles. The summed E-state index contributed by atoms with van der Waals surface area (Å²) in [5.74, 6) is -0.800. The fourth-order valence-electron chi connectivity index (χ4n) is 2.45. The Morgan fingerprint density at radius 2 is 1.95 bits per heavy atom. The van der Waals surface area contributed by atoms with Crippen molar-refractivity contribution in [2.45, 2.75) is 44.4 Å². The number of nitrogens with zero attached hydrogens (tertiary/aromatic N) is 1. The van der Waals surface area contributed by atoms with Crippen LogP contribution in [0.25, 0.3) is 0 Å². The molecule has 21 heavy (non-hydrogen) atoms. The quantitative estimate of drug-likeness (QED) is 0.512. The average molecular weight is 303 g/mol. The zero-order valence-corrected chi connectivity index (χ0v) is 11.4. The summed E-state index contributed by atoms with van der Waals surface area (Å²) in [6, 6.07) is 2.79. The van der Waals surface area contributed by atoms with Gasteiger partial charge in [-0.25, -0.2) is 9.38 Å². The van der Waals surface area contributed by atoms with Crippen LogP contribution < -0.4 is 11.1 Å². The van der Waals surface area contributed by atoms with E-state index in [1.807, 2.05) is 0 Å². The second-order valence-corrected chi connectivity index (χ2v) is 5.13. The van der Waals surface area contributed by atoms with Crippen molar-refractivity contribution in [1.29, 1.82) is 0 Å². The van der Waals surface area contributed by atoms with Gasteiger partial charge in [0.2, 0.25) is 0 Å². The van der Waals surface area contributed by atoms with Crippen LogP contribution in [0.3, 0.4) is 0 Å². The van der Waals surface area contributed by atoms with Gasteiger partial charge in [0.15, 0.2) is 5.96 Å². The molecule has 0 unspecified atom stereocenters. The van der Waals surface area contributed by atoms with Crippen molar-refractivity contribution in [2.24, 2.45) is 10.7 Å². The first-order chi connectivity index (χ1) is 9.86. The molecule has 0 saturated heterocycles. The molecule has 0 atom stereocenters. The third kappa shape index (κ3) is 4.34. The first kappa shape index (κ1) is 15.6. The molecular weight excluding hydrogens is 286 g/mol. The topological polar surface area (TPSA) is 50.4 Å². The van der Waals surface area contributed by atoms with Gasteiger partial charge in [0.1, 0.15) is 5.82 Å². The molecule has 0 spiro atoms. The van der Waals surface area contributed by atoms with E-state index in [9.17, 15) is 17.6 Å². The van der Waals surface area contributed by atoms with Gasteiger partial charge in [0.25, 0.3) is 0 Å². The number of aliphatic imine (C=N–C) groups is 1. The predicted molar refractivity (Wildman–Crippen MR) is 72.1 cm³/mol. The summed E-state index contributed by atoms with van der Waals surface area (Å²) in [4.78, 5) is 3.92. The van der Waals surface area contributed by atoms with Crippen LogP contribution in [0.2, 0.25) is 0 Å². The largest absolute Gasteiger partial charge is 0.416 e. The molecular formula is C14H17F4N3. The molecule has 0 bridgehead atoms. The third-order valence-electron chi connectivity index (χ3n) is 3.50. The summed E-state index contributed by atoms with van der Waals surface area (Å²) < 4.78 is 51.4. The first-order valence-electron chi connectivity index (χ1n) is 6.78. The van der Waals surface area contributed by atoms with Gasteiger partial charge in [-0.2, -0.15) is 13.2 Å². The van der Waals surface area contributed by atoms with E-state index in [0.29, 0.717) is 6.07 Å². The van der Waals surface area contributed by atoms with Crippen molar-refractivity contribution < 1.29 is 17.6 Å². The molecule has 1 fully saturated rings. The number of alkyl halides is 3. The van der Waals surface area contributed by atoms with Crippen LogP contribution in [0.4, 0.5) is 17.6 Å². The lowest BCUT2D eigenvalue weighted by molar-refractivity contribution is -0.138. The van der Waals surface area contributed by atoms with Gasteiger partial charge < -0.3 is 11.1 Å². The van der Waals surface area contributed by atoms with Crippen LogP contribution in [0.15, 0.2) is 23.2 Å². The maximum atomic E-state index is 13.0. The fourth-order valence-corrected chi connectivity index (χ4v) is 2.45. The second-order valence-electron chi connectivity index (χ2n) is 5.13. The molecule has 1 aliphatic carbocycles. The Hall–Kier alpha value is -1.79. The molecule has 1 saturated carbocycles. The van der Waals surface area contributed by atoms with Gasteiger partial charge in [0.05, 0.1) is 12.1 Å². The Morgan fingerprint density at radius 1 is 1.29 bits per heavy atom. The van der Waals surface area contributed by atoms with Crippen molar-refractivity contribution in [3.63, 3.8) is 0 Å². The summed E-state index contributed by atoms with van der Waals surface area (Å²) in [6.45, 7) is -0.235. The lowest BCUT2D eigenvalue weighted by Crippen LogP contribution is -2.38. The molecule has 2 rings (SSSR count). The maximum Gasteiger partial charge on any atom is 0.416 e. The minimum absolute atomic E-state index is 0.0972. The van der Waals surface area contributed by atoms with Crippen LogP contribution in [0.5, 0.6) is 0 Å². The maximum absolute atomic E-state index is 13.0. The van der Waals surface area contributed by atoms with Crippen molar-refractivity contribution in [2.75, 3.05) is 0 Å². The monoisotopic (exact) mass is 303 g/mol. The summed E-state index contributed by atoms with van der Waals surface area (Å²) in [5.41, 5.74) is 4.56. The zero-order chi connectivity index (χ0) is 15.5. The zero-order valence-electron chi connectivity index (χ0n) is 11.4. The van der Waals surface area contributed by atoms with E-state index in [0.717, 1.165) is 37.8 Å². The Morgan fingerprint density at radius 3 is 2.57 bits per heavy atom. The summed E-state index contributed by atoms with van der Waals surface area (Å²) in [6.07, 6.45) is -0.413. The van der Waals surface area contributed by atoms with E-state index in [1.54, 1.807) is 0 Å². The first-order valence-corrected chi connectivity index (χ1v) is 6.78. The van der Waals surface area contributed by atoms with Gasteiger partial charge in [-0.3, -0.25) is 0 Å². The van der Waals surface area contributed by atoms with Crippen LogP contribution in [0.1, 0.15) is 36.8 Å². The number of nitrogens with two attached hydrogens (primary N) is 1. The Kier molecular flexibility index (Phi) is 4.69. The molecule has 116 valence electrons. The number of hydrogen-bond donors (Lipinski definition) is 2. The Balaban J connectivity index is 2.08. The smallest absolute Gasteiger partial charge is 0.370 e. The third-order valence-corrected chi connectivity index (χ3v) is 3.50. The van der Waals surface area contributed by atoms with Crippen molar-refractivity contribution in [3.8, 4) is 0 Å². The molecule has 3 nitrogen and oxygen atoms in total. The van der Waals surface area contributed by atoms with Crippen LogP contribution in [-0.2, 0) is 12.7 Å². The highest BCUT2D eigenvalue weighted by molar-refractivity contribution is 5.78. The summed E-state index contributed by atoms with van der Waals surface area (Å²) in [5, 5.41) is 2.99. The highest BCUT2D eigenvalue weighted by atomic mass is 19.4. The van der Waals surface area contributed by atoms with Gasteiger partial charge in [0, 0.05) is 6.04 Å². The lowest BCUT2D eigenvalue weighted by Gasteiger charge is -2.14. The lowest BCUT2D eigenvalue weighted by atomic mass is 10.1. The minimum atomic E-state index is -4.61. The van der Waals surface area contributed by atoms with E-state index in [1.165, 1.54) is 0 Å². The van der Waals surface area contributed by atoms with Crippen LogP contribution in [0, 0.1) is 5.82 Å². The number of benzene rings is 1. The molecule has 3 N–H and O–H groups in total. The fraction of sp³-hybridized carbons (Fsp3) is 0.500. The average Bonchev–Trinajstić information content (AvgIpc) is 2.89. The second kappa shape index (κ2) is 6.32. The molecule has 0 aromatic heterocycles.